The molecule has 0 unspecified atom stereocenters. The van der Waals surface area contributed by atoms with E-state index in [1.807, 2.05) is 48.5 Å². The predicted octanol–water partition coefficient (Wildman–Crippen LogP) is 6.79. The molecule has 1 aliphatic rings. The van der Waals surface area contributed by atoms with Crippen LogP contribution in [0.4, 0.5) is 0 Å². The van der Waals surface area contributed by atoms with Crippen molar-refractivity contribution in [1.29, 1.82) is 0 Å². The molecule has 3 nitrogen and oxygen atoms in total. The molecule has 0 fully saturated rings. The van der Waals surface area contributed by atoms with Gasteiger partial charge in [-0.05, 0) is 41.1 Å². The highest BCUT2D eigenvalue weighted by atomic mass is 79.9. The monoisotopic (exact) mass is 452 g/mol. The molecule has 1 heterocycles. The minimum atomic E-state index is -0.139. The first-order valence-electron chi connectivity index (χ1n) is 9.55. The second kappa shape index (κ2) is 6.25. The topological polar surface area (TPSA) is 47.3 Å². The summed E-state index contributed by atoms with van der Waals surface area (Å²) in [5, 5.41) is 2.60. The number of rotatable bonds is 1. The summed E-state index contributed by atoms with van der Waals surface area (Å²) in [5.41, 5.74) is 3.35. The fourth-order valence-electron chi connectivity index (χ4n) is 4.30. The second-order valence-electron chi connectivity index (χ2n) is 7.39. The van der Waals surface area contributed by atoms with Gasteiger partial charge in [-0.15, -0.1) is 0 Å². The third-order valence-electron chi connectivity index (χ3n) is 5.68. The van der Waals surface area contributed by atoms with Gasteiger partial charge in [0.15, 0.2) is 11.6 Å². The zero-order chi connectivity index (χ0) is 20.4. The van der Waals surface area contributed by atoms with Crippen molar-refractivity contribution in [2.45, 2.75) is 0 Å². The Morgan fingerprint density at radius 3 is 2.17 bits per heavy atom. The number of para-hydroxylation sites is 1. The largest absolute Gasteiger partial charge is 0.456 e. The van der Waals surface area contributed by atoms with Crippen molar-refractivity contribution < 1.29 is 14.0 Å². The van der Waals surface area contributed by atoms with Gasteiger partial charge in [-0.2, -0.15) is 0 Å². The molecule has 0 radical (unpaired) electrons. The average molecular weight is 453 g/mol. The van der Waals surface area contributed by atoms with Gasteiger partial charge >= 0.3 is 0 Å². The average Bonchev–Trinajstić information content (AvgIpc) is 3.20. The molecule has 1 aromatic heterocycles. The third kappa shape index (κ3) is 2.37. The molecule has 0 amide bonds. The normalized spacial score (nSPS) is 13.0. The van der Waals surface area contributed by atoms with Crippen molar-refractivity contribution in [3.63, 3.8) is 0 Å². The maximum atomic E-state index is 13.4. The molecule has 5 aromatic rings. The van der Waals surface area contributed by atoms with Crippen LogP contribution in [0.2, 0.25) is 0 Å². The van der Waals surface area contributed by atoms with Crippen LogP contribution in [0.5, 0.6) is 0 Å². The van der Waals surface area contributed by atoms with Crippen LogP contribution in [-0.2, 0) is 0 Å². The Labute approximate surface area is 180 Å². The van der Waals surface area contributed by atoms with Crippen molar-refractivity contribution >= 4 is 49.2 Å². The maximum absolute atomic E-state index is 13.4. The van der Waals surface area contributed by atoms with Crippen LogP contribution in [0.15, 0.2) is 87.8 Å². The van der Waals surface area contributed by atoms with Gasteiger partial charge in [-0.25, -0.2) is 0 Å². The number of halogens is 1. The number of carbonyl (C=O) groups is 2. The Hall–Kier alpha value is -3.50. The number of hydrogen-bond acceptors (Lipinski definition) is 3. The Bertz CT molecular complexity index is 1510. The number of furan rings is 1. The van der Waals surface area contributed by atoms with E-state index in [0.717, 1.165) is 31.8 Å². The SMILES string of the molecule is O=C1c2ccccc2C(=O)c2c1cc(-c1cc3ccccc3o1)c1ccc(Br)cc21. The Balaban J connectivity index is 1.72. The fraction of sp³-hybridized carbons (Fsp3) is 0. The minimum Gasteiger partial charge on any atom is -0.456 e. The summed E-state index contributed by atoms with van der Waals surface area (Å²) < 4.78 is 6.95. The summed E-state index contributed by atoms with van der Waals surface area (Å²) in [6.07, 6.45) is 0. The molecule has 1 aliphatic carbocycles. The van der Waals surface area contributed by atoms with Crippen molar-refractivity contribution in [3.8, 4) is 11.3 Å². The van der Waals surface area contributed by atoms with Gasteiger partial charge in [0.05, 0.1) is 0 Å². The lowest BCUT2D eigenvalue weighted by atomic mass is 9.80. The van der Waals surface area contributed by atoms with Crippen LogP contribution in [0.1, 0.15) is 31.8 Å². The molecular weight excluding hydrogens is 440 g/mol. The molecule has 4 aromatic carbocycles. The molecule has 0 atom stereocenters. The molecule has 6 rings (SSSR count). The first kappa shape index (κ1) is 17.4. The van der Waals surface area contributed by atoms with Gasteiger partial charge in [-0.3, -0.25) is 9.59 Å². The van der Waals surface area contributed by atoms with Gasteiger partial charge < -0.3 is 4.42 Å². The lowest BCUT2D eigenvalue weighted by Crippen LogP contribution is -2.21. The van der Waals surface area contributed by atoms with Gasteiger partial charge in [-0.1, -0.05) is 64.5 Å². The Morgan fingerprint density at radius 1 is 0.633 bits per heavy atom. The number of ketones is 2. The van der Waals surface area contributed by atoms with Crippen LogP contribution in [0, 0.1) is 0 Å². The quantitative estimate of drug-likeness (QED) is 0.275. The summed E-state index contributed by atoms with van der Waals surface area (Å²) in [4.78, 5) is 26.7. The lowest BCUT2D eigenvalue weighted by molar-refractivity contribution is 0.0980. The molecule has 4 heteroatoms. The molecular formula is C26H13BrO3. The lowest BCUT2D eigenvalue weighted by Gasteiger charge is -2.20. The van der Waals surface area contributed by atoms with Crippen LogP contribution < -0.4 is 0 Å². The van der Waals surface area contributed by atoms with Gasteiger partial charge in [0.2, 0.25) is 0 Å². The van der Waals surface area contributed by atoms with Gasteiger partial charge in [0, 0.05) is 37.7 Å². The smallest absolute Gasteiger partial charge is 0.195 e. The summed E-state index contributed by atoms with van der Waals surface area (Å²) in [6, 6.07) is 24.4. The Kier molecular flexibility index (Phi) is 3.62. The zero-order valence-electron chi connectivity index (χ0n) is 15.6. The summed E-state index contributed by atoms with van der Waals surface area (Å²) in [6.45, 7) is 0. The van der Waals surface area contributed by atoms with Crippen LogP contribution >= 0.6 is 15.9 Å². The predicted molar refractivity (Wildman–Crippen MR) is 120 cm³/mol. The van der Waals surface area contributed by atoms with Crippen LogP contribution in [0.3, 0.4) is 0 Å². The van der Waals surface area contributed by atoms with E-state index in [1.165, 1.54) is 0 Å². The number of carbonyl (C=O) groups excluding carboxylic acids is 2. The van der Waals surface area contributed by atoms with Gasteiger partial charge in [0.1, 0.15) is 11.3 Å². The van der Waals surface area contributed by atoms with E-state index < -0.39 is 0 Å². The minimum absolute atomic E-state index is 0.126. The van der Waals surface area contributed by atoms with Crippen molar-refractivity contribution in [1.82, 2.24) is 0 Å². The fourth-order valence-corrected chi connectivity index (χ4v) is 4.66. The Morgan fingerprint density at radius 2 is 1.37 bits per heavy atom. The molecule has 30 heavy (non-hydrogen) atoms. The highest BCUT2D eigenvalue weighted by molar-refractivity contribution is 9.10. The molecule has 0 bridgehead atoms. The number of benzene rings is 4. The molecule has 0 saturated carbocycles. The van der Waals surface area contributed by atoms with Crippen molar-refractivity contribution in [2.75, 3.05) is 0 Å². The summed E-state index contributed by atoms with van der Waals surface area (Å²) in [5.74, 6) is 0.407. The molecule has 142 valence electrons. The van der Waals surface area contributed by atoms with E-state index in [2.05, 4.69) is 15.9 Å². The molecule has 0 spiro atoms. The van der Waals surface area contributed by atoms with Crippen molar-refractivity contribution in [3.05, 3.63) is 106 Å². The first-order chi connectivity index (χ1) is 14.6. The number of fused-ring (bicyclic) bond motifs is 5. The van der Waals surface area contributed by atoms with E-state index in [9.17, 15) is 9.59 Å². The highest BCUT2D eigenvalue weighted by Gasteiger charge is 2.32. The van der Waals surface area contributed by atoms with E-state index >= 15 is 0 Å². The number of hydrogen-bond donors (Lipinski definition) is 0. The second-order valence-corrected chi connectivity index (χ2v) is 8.30. The third-order valence-corrected chi connectivity index (χ3v) is 6.17. The molecule has 0 aliphatic heterocycles. The zero-order valence-corrected chi connectivity index (χ0v) is 17.2. The first-order valence-corrected chi connectivity index (χ1v) is 10.3. The van der Waals surface area contributed by atoms with E-state index in [1.54, 1.807) is 30.3 Å². The molecule has 0 saturated heterocycles. The van der Waals surface area contributed by atoms with E-state index in [0.29, 0.717) is 28.0 Å². The van der Waals surface area contributed by atoms with E-state index in [-0.39, 0.29) is 11.6 Å². The highest BCUT2D eigenvalue weighted by Crippen LogP contribution is 2.40. The van der Waals surface area contributed by atoms with Crippen molar-refractivity contribution in [2.24, 2.45) is 0 Å². The van der Waals surface area contributed by atoms with Crippen LogP contribution in [0.25, 0.3) is 33.1 Å². The van der Waals surface area contributed by atoms with E-state index in [4.69, 9.17) is 4.42 Å². The molecule has 0 N–H and O–H groups in total. The van der Waals surface area contributed by atoms with Gasteiger partial charge in [0.25, 0.3) is 0 Å². The standard InChI is InChI=1S/C26H13BrO3/c27-15-9-10-16-19(23-11-14-5-1-4-8-22(14)30-23)13-21-24(20(16)12-15)26(29)18-7-3-2-6-17(18)25(21)28/h1-13H. The summed E-state index contributed by atoms with van der Waals surface area (Å²) >= 11 is 3.52. The van der Waals surface area contributed by atoms with Crippen LogP contribution in [-0.4, -0.2) is 11.6 Å². The maximum Gasteiger partial charge on any atom is 0.195 e. The summed E-state index contributed by atoms with van der Waals surface area (Å²) in [7, 11) is 0.